The minimum absolute atomic E-state index is 0.0750. The third kappa shape index (κ3) is 5.92. The van der Waals surface area contributed by atoms with E-state index in [1.807, 2.05) is 6.92 Å². The molecule has 1 N–H and O–H groups in total. The molecule has 1 saturated heterocycles. The number of piperidine rings is 1. The normalized spacial score (nSPS) is 16.6. The standard InChI is InChI=1S/C20H31NO4/c1-4-24-19-13-17(22)8-9-18(19)20(23)25-14-16(12-15(2)3)21-10-6-5-7-11-21/h8-9,13,15-16,22H,4-7,10-12,14H2,1-3H3/t16-/m0/s1. The summed E-state index contributed by atoms with van der Waals surface area (Å²) >= 11 is 0. The van der Waals surface area contributed by atoms with Crippen LogP contribution in [0, 0.1) is 5.92 Å². The first-order valence-corrected chi connectivity index (χ1v) is 9.38. The van der Waals surface area contributed by atoms with E-state index in [0.717, 1.165) is 19.5 Å². The van der Waals surface area contributed by atoms with Crippen molar-refractivity contribution in [3.05, 3.63) is 23.8 Å². The summed E-state index contributed by atoms with van der Waals surface area (Å²) in [6, 6.07) is 4.75. The van der Waals surface area contributed by atoms with Crippen LogP contribution in [0.5, 0.6) is 11.5 Å². The van der Waals surface area contributed by atoms with Crippen molar-refractivity contribution in [2.24, 2.45) is 5.92 Å². The van der Waals surface area contributed by atoms with Crippen LogP contribution in [0.25, 0.3) is 0 Å². The summed E-state index contributed by atoms with van der Waals surface area (Å²) < 4.78 is 11.1. The van der Waals surface area contributed by atoms with Gasteiger partial charge in [0, 0.05) is 12.1 Å². The van der Waals surface area contributed by atoms with Gasteiger partial charge in [-0.1, -0.05) is 20.3 Å². The monoisotopic (exact) mass is 349 g/mol. The summed E-state index contributed by atoms with van der Waals surface area (Å²) in [6.45, 7) is 9.22. The van der Waals surface area contributed by atoms with Crippen molar-refractivity contribution in [1.82, 2.24) is 4.90 Å². The van der Waals surface area contributed by atoms with Crippen molar-refractivity contribution in [2.75, 3.05) is 26.3 Å². The van der Waals surface area contributed by atoms with Gasteiger partial charge >= 0.3 is 5.97 Å². The average molecular weight is 349 g/mol. The van der Waals surface area contributed by atoms with E-state index in [1.165, 1.54) is 31.4 Å². The highest BCUT2D eigenvalue weighted by Crippen LogP contribution is 2.25. The highest BCUT2D eigenvalue weighted by molar-refractivity contribution is 5.92. The van der Waals surface area contributed by atoms with Crippen molar-refractivity contribution in [3.63, 3.8) is 0 Å². The van der Waals surface area contributed by atoms with E-state index in [-0.39, 0.29) is 11.8 Å². The van der Waals surface area contributed by atoms with E-state index < -0.39 is 5.97 Å². The quantitative estimate of drug-likeness (QED) is 0.723. The summed E-state index contributed by atoms with van der Waals surface area (Å²) in [5.41, 5.74) is 0.363. The zero-order chi connectivity index (χ0) is 18.2. The largest absolute Gasteiger partial charge is 0.508 e. The minimum atomic E-state index is -0.394. The minimum Gasteiger partial charge on any atom is -0.508 e. The Morgan fingerprint density at radius 3 is 2.60 bits per heavy atom. The molecule has 140 valence electrons. The van der Waals surface area contributed by atoms with E-state index in [1.54, 1.807) is 6.07 Å². The fourth-order valence-electron chi connectivity index (χ4n) is 3.35. The predicted molar refractivity (Wildman–Crippen MR) is 98.2 cm³/mol. The Hall–Kier alpha value is -1.75. The fraction of sp³-hybridized carbons (Fsp3) is 0.650. The van der Waals surface area contributed by atoms with Crippen molar-refractivity contribution in [1.29, 1.82) is 0 Å². The molecule has 0 aliphatic carbocycles. The molecule has 0 aromatic heterocycles. The zero-order valence-corrected chi connectivity index (χ0v) is 15.7. The number of likely N-dealkylation sites (tertiary alicyclic amines) is 1. The smallest absolute Gasteiger partial charge is 0.341 e. The Kier molecular flexibility index (Phi) is 7.56. The van der Waals surface area contributed by atoms with Crippen molar-refractivity contribution < 1.29 is 19.4 Å². The second-order valence-corrected chi connectivity index (χ2v) is 7.09. The number of carbonyl (C=O) groups is 1. The van der Waals surface area contributed by atoms with Crippen LogP contribution in [0.4, 0.5) is 0 Å². The number of hydrogen-bond acceptors (Lipinski definition) is 5. The molecule has 1 atom stereocenters. The second-order valence-electron chi connectivity index (χ2n) is 7.09. The van der Waals surface area contributed by atoms with Gasteiger partial charge in [-0.2, -0.15) is 0 Å². The molecule has 0 unspecified atom stereocenters. The molecule has 5 nitrogen and oxygen atoms in total. The SMILES string of the molecule is CCOc1cc(O)ccc1C(=O)OC[C@H](CC(C)C)N1CCCCC1. The highest BCUT2D eigenvalue weighted by Gasteiger charge is 2.24. The molecular weight excluding hydrogens is 318 g/mol. The lowest BCUT2D eigenvalue weighted by Gasteiger charge is -2.35. The summed E-state index contributed by atoms with van der Waals surface area (Å²) in [7, 11) is 0. The van der Waals surface area contributed by atoms with Crippen LogP contribution < -0.4 is 4.74 Å². The molecule has 0 bridgehead atoms. The third-order valence-corrected chi connectivity index (χ3v) is 4.54. The average Bonchev–Trinajstić information content (AvgIpc) is 2.59. The first kappa shape index (κ1) is 19.6. The number of carbonyl (C=O) groups excluding carboxylic acids is 1. The fourth-order valence-corrected chi connectivity index (χ4v) is 3.35. The number of ether oxygens (including phenoxy) is 2. The Labute approximate surface area is 150 Å². The topological polar surface area (TPSA) is 59.0 Å². The summed E-state index contributed by atoms with van der Waals surface area (Å²) in [4.78, 5) is 15.0. The van der Waals surface area contributed by atoms with Crippen LogP contribution in [0.3, 0.4) is 0 Å². The molecule has 0 radical (unpaired) electrons. The number of phenolic OH excluding ortho intramolecular Hbond substituents is 1. The van der Waals surface area contributed by atoms with E-state index >= 15 is 0 Å². The Morgan fingerprint density at radius 1 is 1.24 bits per heavy atom. The van der Waals surface area contributed by atoms with Crippen molar-refractivity contribution >= 4 is 5.97 Å². The molecule has 1 heterocycles. The van der Waals surface area contributed by atoms with Gasteiger partial charge in [0.25, 0.3) is 0 Å². The molecule has 1 aliphatic rings. The van der Waals surface area contributed by atoms with E-state index in [2.05, 4.69) is 18.7 Å². The van der Waals surface area contributed by atoms with Crippen molar-refractivity contribution in [3.8, 4) is 11.5 Å². The zero-order valence-electron chi connectivity index (χ0n) is 15.7. The molecule has 2 rings (SSSR count). The summed E-state index contributed by atoms with van der Waals surface area (Å²) in [6.07, 6.45) is 4.74. The van der Waals surface area contributed by atoms with Gasteiger partial charge < -0.3 is 14.6 Å². The molecule has 0 amide bonds. The van der Waals surface area contributed by atoms with Crippen LogP contribution in [-0.2, 0) is 4.74 Å². The van der Waals surface area contributed by atoms with Crippen LogP contribution in [0.1, 0.15) is 56.8 Å². The van der Waals surface area contributed by atoms with Crippen LogP contribution in [0.15, 0.2) is 18.2 Å². The number of aromatic hydroxyl groups is 1. The lowest BCUT2D eigenvalue weighted by Crippen LogP contribution is -2.43. The van der Waals surface area contributed by atoms with Gasteiger partial charge in [-0.25, -0.2) is 4.79 Å². The van der Waals surface area contributed by atoms with Gasteiger partial charge in [-0.05, 0) is 57.3 Å². The molecule has 1 aliphatic heterocycles. The van der Waals surface area contributed by atoms with Crippen LogP contribution in [0.2, 0.25) is 0 Å². The van der Waals surface area contributed by atoms with Gasteiger partial charge in [0.1, 0.15) is 23.7 Å². The maximum absolute atomic E-state index is 12.5. The number of benzene rings is 1. The van der Waals surface area contributed by atoms with Gasteiger partial charge in [0.15, 0.2) is 0 Å². The molecule has 0 saturated carbocycles. The third-order valence-electron chi connectivity index (χ3n) is 4.54. The van der Waals surface area contributed by atoms with Gasteiger partial charge in [0.05, 0.1) is 6.61 Å². The maximum Gasteiger partial charge on any atom is 0.341 e. The van der Waals surface area contributed by atoms with E-state index in [0.29, 0.717) is 30.4 Å². The maximum atomic E-state index is 12.5. The molecule has 1 aromatic rings. The summed E-state index contributed by atoms with van der Waals surface area (Å²) in [5, 5.41) is 9.59. The molecule has 1 fully saturated rings. The number of hydrogen-bond donors (Lipinski definition) is 1. The first-order chi connectivity index (χ1) is 12.0. The first-order valence-electron chi connectivity index (χ1n) is 9.38. The number of nitrogens with zero attached hydrogens (tertiary/aromatic N) is 1. The second kappa shape index (κ2) is 9.66. The highest BCUT2D eigenvalue weighted by atomic mass is 16.5. The van der Waals surface area contributed by atoms with Crippen LogP contribution >= 0.6 is 0 Å². The lowest BCUT2D eigenvalue weighted by atomic mass is 10.0. The van der Waals surface area contributed by atoms with Gasteiger partial charge in [-0.15, -0.1) is 0 Å². The molecular formula is C20H31NO4. The molecule has 5 heteroatoms. The van der Waals surface area contributed by atoms with Crippen molar-refractivity contribution in [2.45, 2.75) is 52.5 Å². The molecule has 0 spiro atoms. The van der Waals surface area contributed by atoms with Gasteiger partial charge in [0.2, 0.25) is 0 Å². The summed E-state index contributed by atoms with van der Waals surface area (Å²) in [5.74, 6) is 0.601. The predicted octanol–water partition coefficient (Wildman–Crippen LogP) is 3.85. The van der Waals surface area contributed by atoms with Gasteiger partial charge in [-0.3, -0.25) is 4.90 Å². The Morgan fingerprint density at radius 2 is 1.96 bits per heavy atom. The van der Waals surface area contributed by atoms with E-state index in [4.69, 9.17) is 9.47 Å². The molecule has 25 heavy (non-hydrogen) atoms. The van der Waals surface area contributed by atoms with Crippen LogP contribution in [-0.4, -0.2) is 48.3 Å². The Bertz CT molecular complexity index is 553. The Balaban J connectivity index is 2.02. The number of esters is 1. The molecule has 1 aromatic carbocycles. The number of rotatable bonds is 8. The van der Waals surface area contributed by atoms with E-state index in [9.17, 15) is 9.90 Å². The lowest BCUT2D eigenvalue weighted by molar-refractivity contribution is 0.0280. The number of phenols is 1.